The number of likely N-dealkylation sites (N-methyl/N-ethyl adjacent to an activating group) is 1. The van der Waals surface area contributed by atoms with Gasteiger partial charge in [0.1, 0.15) is 25.4 Å². The number of tetrazole rings is 1. The van der Waals surface area contributed by atoms with Crippen LogP contribution in [-0.2, 0) is 44.7 Å². The summed E-state index contributed by atoms with van der Waals surface area (Å²) in [6.07, 6.45) is -4.84. The molecule has 13 atom stereocenters. The van der Waals surface area contributed by atoms with Crippen LogP contribution < -0.4 is 5.43 Å². The molecule has 0 aliphatic carbocycles. The van der Waals surface area contributed by atoms with Crippen molar-refractivity contribution in [1.29, 1.82) is 0 Å². The van der Waals surface area contributed by atoms with Gasteiger partial charge in [0, 0.05) is 48.0 Å². The monoisotopic (exact) mass is 894 g/mol. The normalized spacial score (nSPS) is 36.9. The maximum absolute atomic E-state index is 17.0. The molecule has 3 saturated heterocycles. The fourth-order valence-electron chi connectivity index (χ4n) is 9.30. The topological polar surface area (TPSA) is 201 Å². The molecule has 0 spiro atoms. The van der Waals surface area contributed by atoms with E-state index in [4.69, 9.17) is 40.1 Å². The predicted octanol–water partition coefficient (Wildman–Crippen LogP) is 4.62. The van der Waals surface area contributed by atoms with Crippen LogP contribution in [0, 0.1) is 17.8 Å². The summed E-state index contributed by atoms with van der Waals surface area (Å²) in [5, 5.41) is 30.7. The highest BCUT2D eigenvalue weighted by Gasteiger charge is 2.62. The smallest absolute Gasteiger partial charge is 0.425 e. The Kier molecular flexibility index (Phi) is 15.8. The van der Waals surface area contributed by atoms with Gasteiger partial charge in [-0.15, -0.1) is 10.2 Å². The van der Waals surface area contributed by atoms with Gasteiger partial charge in [0.05, 0.1) is 30.1 Å². The molecule has 20 heteroatoms. The van der Waals surface area contributed by atoms with Crippen molar-refractivity contribution < 1.29 is 52.4 Å². The molecule has 1 aromatic heterocycles. The number of hydrazine groups is 1. The highest BCUT2D eigenvalue weighted by molar-refractivity contribution is 6.30. The van der Waals surface area contributed by atoms with Crippen LogP contribution in [0.5, 0.6) is 0 Å². The number of aliphatic hydroxyl groups is 1. The fourth-order valence-corrected chi connectivity index (χ4v) is 9.42. The molecular formula is C42H64ClFN8O10. The number of carbonyl (C=O) groups excluding carboxylic acids is 3. The molecule has 1 aromatic carbocycles. The molecule has 3 fully saturated rings. The summed E-state index contributed by atoms with van der Waals surface area (Å²) in [5.41, 5.74) is -1.74. The molecule has 2 aromatic rings. The van der Waals surface area contributed by atoms with E-state index in [1.54, 1.807) is 45.0 Å². The van der Waals surface area contributed by atoms with Gasteiger partial charge in [-0.25, -0.2) is 24.4 Å². The minimum absolute atomic E-state index is 0.0856. The Morgan fingerprint density at radius 2 is 1.76 bits per heavy atom. The number of aryl methyl sites for hydroxylation is 1. The number of alkyl halides is 1. The van der Waals surface area contributed by atoms with E-state index in [2.05, 4.69) is 26.0 Å². The highest BCUT2D eigenvalue weighted by atomic mass is 35.5. The number of esters is 1. The van der Waals surface area contributed by atoms with Crippen molar-refractivity contribution in [3.63, 3.8) is 0 Å². The van der Waals surface area contributed by atoms with Gasteiger partial charge in [-0.05, 0) is 97.0 Å². The zero-order valence-corrected chi connectivity index (χ0v) is 38.6. The zero-order chi connectivity index (χ0) is 45.9. The molecule has 3 aliphatic rings. The Morgan fingerprint density at radius 3 is 2.37 bits per heavy atom. The number of amides is 1. The molecule has 62 heavy (non-hydrogen) atoms. The number of ketones is 1. The lowest BCUT2D eigenvalue weighted by Gasteiger charge is -2.47. The van der Waals surface area contributed by atoms with Crippen LogP contribution in [0.3, 0.4) is 0 Å². The minimum atomic E-state index is -3.19. The highest BCUT2D eigenvalue weighted by Crippen LogP contribution is 2.43. The number of nitrogens with one attached hydrogen (secondary N) is 1. The van der Waals surface area contributed by atoms with Crippen molar-refractivity contribution in [3.8, 4) is 11.4 Å². The van der Waals surface area contributed by atoms with E-state index in [-0.39, 0.29) is 31.5 Å². The first-order valence-corrected chi connectivity index (χ1v) is 21.6. The first-order chi connectivity index (χ1) is 29.1. The summed E-state index contributed by atoms with van der Waals surface area (Å²) in [7, 11) is 6.51. The van der Waals surface area contributed by atoms with Crippen LogP contribution in [0.2, 0.25) is 5.02 Å². The van der Waals surface area contributed by atoms with Crippen LogP contribution in [0.4, 0.5) is 9.18 Å². The van der Waals surface area contributed by atoms with Crippen molar-refractivity contribution in [3.05, 3.63) is 29.3 Å². The minimum Gasteiger partial charge on any atom is -0.455 e. The van der Waals surface area contributed by atoms with Crippen molar-refractivity contribution in [1.82, 2.24) is 35.5 Å². The van der Waals surface area contributed by atoms with Gasteiger partial charge < -0.3 is 38.5 Å². The first kappa shape index (κ1) is 49.2. The summed E-state index contributed by atoms with van der Waals surface area (Å²) in [6, 6.07) is 5.78. The third kappa shape index (κ3) is 10.1. The van der Waals surface area contributed by atoms with Gasteiger partial charge in [0.2, 0.25) is 5.82 Å². The van der Waals surface area contributed by atoms with Gasteiger partial charge in [0.15, 0.2) is 17.7 Å². The number of rotatable bonds is 12. The standard InChI is InChI=1S/C42H64ClFN8O10/c1-13-30-42(8)33(52(39(56)62-42)45-19-14-20-51-47-36(46-49-51)27-15-17-28(43)18-16-27)25(4)31(48-58-12)23(2)22-40(6,57-11)35(26(5)34(54)41(7,44)38(55)60-30)61-37-32(53)29(50(9)10)21-24(3)59-37/h15-18,23-26,29-30,32-33,35,37,45,53H,13-14,19-22H2,1-12H3/b48-31+/t23-,24-,25+,26?,29+,30-,32?,33?,35-,37+,40-,41+,42-/m1/s1. The number of hydrogen-bond donors (Lipinski definition) is 2. The second kappa shape index (κ2) is 19.9. The summed E-state index contributed by atoms with van der Waals surface area (Å²) < 4.78 is 47.9. The Hall–Kier alpha value is -3.85. The Balaban J connectivity index is 1.50. The van der Waals surface area contributed by atoms with E-state index in [1.807, 2.05) is 39.8 Å². The number of ether oxygens (including phenoxy) is 5. The maximum atomic E-state index is 17.0. The van der Waals surface area contributed by atoms with Crippen molar-refractivity contribution in [2.75, 3.05) is 34.9 Å². The molecule has 1 amide bonds. The van der Waals surface area contributed by atoms with Gasteiger partial charge in [-0.3, -0.25) is 4.79 Å². The molecule has 3 aliphatic heterocycles. The molecule has 346 valence electrons. The van der Waals surface area contributed by atoms with E-state index >= 15 is 4.39 Å². The number of carbonyl (C=O) groups is 3. The number of aliphatic hydroxyl groups excluding tert-OH is 1. The molecule has 5 rings (SSSR count). The summed E-state index contributed by atoms with van der Waals surface area (Å²) in [6.45, 7) is 13.5. The number of methoxy groups -OCH3 is 1. The number of oxime groups is 1. The number of hydrogen-bond acceptors (Lipinski definition) is 16. The van der Waals surface area contributed by atoms with Gasteiger partial charge in [-0.1, -0.05) is 44.5 Å². The lowest BCUT2D eigenvalue weighted by Crippen LogP contribution is -2.62. The molecule has 0 bridgehead atoms. The average molecular weight is 895 g/mol. The molecule has 0 saturated carbocycles. The van der Waals surface area contributed by atoms with Crippen LogP contribution in [-0.4, -0.2) is 153 Å². The van der Waals surface area contributed by atoms with Gasteiger partial charge in [0.25, 0.3) is 5.67 Å². The quantitative estimate of drug-likeness (QED) is 0.129. The van der Waals surface area contributed by atoms with E-state index < -0.39 is 83.1 Å². The lowest BCUT2D eigenvalue weighted by atomic mass is 9.73. The van der Waals surface area contributed by atoms with Crippen molar-refractivity contribution >= 4 is 35.2 Å². The third-order valence-corrected chi connectivity index (χ3v) is 12.9. The number of halogens is 2. The van der Waals surface area contributed by atoms with Crippen molar-refractivity contribution in [2.24, 2.45) is 22.9 Å². The number of aromatic nitrogens is 4. The molecule has 4 heterocycles. The Morgan fingerprint density at radius 1 is 1.08 bits per heavy atom. The molecule has 2 N–H and O–H groups in total. The lowest BCUT2D eigenvalue weighted by molar-refractivity contribution is -0.295. The fraction of sp³-hybridized carbons (Fsp3) is 0.738. The zero-order valence-electron chi connectivity index (χ0n) is 37.8. The molecule has 0 radical (unpaired) electrons. The first-order valence-electron chi connectivity index (χ1n) is 21.2. The number of benzene rings is 1. The summed E-state index contributed by atoms with van der Waals surface area (Å²) >= 11 is 6.03. The van der Waals surface area contributed by atoms with Crippen LogP contribution in [0.25, 0.3) is 11.4 Å². The third-order valence-electron chi connectivity index (χ3n) is 12.7. The number of fused-ring (bicyclic) bond motifs is 1. The van der Waals surface area contributed by atoms with Crippen LogP contribution in [0.15, 0.2) is 29.4 Å². The second-order valence-corrected chi connectivity index (χ2v) is 18.0. The molecule has 18 nitrogen and oxygen atoms in total. The number of nitrogens with zero attached hydrogens (tertiary/aromatic N) is 7. The summed E-state index contributed by atoms with van der Waals surface area (Å²) in [4.78, 5) is 51.1. The summed E-state index contributed by atoms with van der Waals surface area (Å²) in [5.74, 6) is -4.67. The van der Waals surface area contributed by atoms with E-state index in [0.29, 0.717) is 35.9 Å². The Labute approximate surface area is 368 Å². The van der Waals surface area contributed by atoms with E-state index in [0.717, 1.165) is 12.5 Å². The van der Waals surface area contributed by atoms with Gasteiger partial charge in [-0.2, -0.15) is 4.80 Å². The van der Waals surface area contributed by atoms with Gasteiger partial charge >= 0.3 is 12.1 Å². The van der Waals surface area contributed by atoms with E-state index in [9.17, 15) is 19.5 Å². The van der Waals surface area contributed by atoms with Crippen molar-refractivity contribution in [2.45, 2.75) is 147 Å². The predicted molar refractivity (Wildman–Crippen MR) is 225 cm³/mol. The van der Waals surface area contributed by atoms with E-state index in [1.165, 1.54) is 30.9 Å². The second-order valence-electron chi connectivity index (χ2n) is 17.5. The van der Waals surface area contributed by atoms with Crippen LogP contribution in [0.1, 0.15) is 81.1 Å². The number of Topliss-reactive ketones (excluding diaryl/α,β-unsaturated/α-hetero) is 1. The van der Waals surface area contributed by atoms with Crippen LogP contribution >= 0.6 is 11.6 Å². The SMILES string of the molecule is CC[C@H]1OC(=O)[C@@](C)(F)C(=O)C(C)[C@@H](O[C@@H]2O[C@H](C)C[C@H](N(C)C)C2O)[C@](C)(OC)C[C@@H](C)/C(=N\OC)[C@H](C)C2N(NCCCn3nnc(-c4ccc(Cl)cc4)n3)C(=O)O[C@@]21C. The average Bonchev–Trinajstić information content (AvgIpc) is 3.80. The molecular weight excluding hydrogens is 831 g/mol. The molecule has 3 unspecified atom stereocenters. The maximum Gasteiger partial charge on any atom is 0.425 e. The number of cyclic esters (lactones) is 1. The Bertz CT molecular complexity index is 1910. The largest absolute Gasteiger partial charge is 0.455 e.